The van der Waals surface area contributed by atoms with Gasteiger partial charge in [0.15, 0.2) is 0 Å². The average molecular weight is 528 g/mol. The van der Waals surface area contributed by atoms with Gasteiger partial charge in [-0.15, -0.1) is 0 Å². The van der Waals surface area contributed by atoms with Crippen molar-refractivity contribution in [3.8, 4) is 6.07 Å². The summed E-state index contributed by atoms with van der Waals surface area (Å²) in [7, 11) is 0. The van der Waals surface area contributed by atoms with Crippen LogP contribution in [0, 0.1) is 28.1 Å². The molecule has 1 saturated carbocycles. The number of carbonyl (C=O) groups is 4. The van der Waals surface area contributed by atoms with Crippen LogP contribution in [0.2, 0.25) is 0 Å². The van der Waals surface area contributed by atoms with Crippen molar-refractivity contribution in [3.63, 3.8) is 0 Å². The number of nitriles is 1. The molecule has 0 aromatic rings. The second kappa shape index (κ2) is 9.80. The number of likely N-dealkylation sites (tertiary alicyclic amines) is 1. The van der Waals surface area contributed by atoms with E-state index in [1.807, 2.05) is 25.2 Å². The van der Waals surface area contributed by atoms with Crippen LogP contribution in [-0.4, -0.2) is 64.9 Å². The Balaban J connectivity index is 1.79. The summed E-state index contributed by atoms with van der Waals surface area (Å²) in [5, 5.41) is 17.0. The van der Waals surface area contributed by atoms with Gasteiger partial charge in [0, 0.05) is 18.0 Å². The molecular formula is C25H36F3N5O4. The van der Waals surface area contributed by atoms with Crippen LogP contribution in [0.4, 0.5) is 13.2 Å². The van der Waals surface area contributed by atoms with Gasteiger partial charge in [0.2, 0.25) is 17.7 Å². The van der Waals surface area contributed by atoms with E-state index in [1.165, 1.54) is 25.7 Å². The summed E-state index contributed by atoms with van der Waals surface area (Å²) in [6.45, 7) is 8.54. The Bertz CT molecular complexity index is 994. The smallest absolute Gasteiger partial charge is 0.351 e. The maximum absolute atomic E-state index is 13.6. The quantitative estimate of drug-likeness (QED) is 0.487. The van der Waals surface area contributed by atoms with E-state index in [4.69, 9.17) is 0 Å². The van der Waals surface area contributed by atoms with Crippen molar-refractivity contribution in [1.29, 1.82) is 5.26 Å². The van der Waals surface area contributed by atoms with Gasteiger partial charge in [-0.05, 0) is 56.8 Å². The summed E-state index contributed by atoms with van der Waals surface area (Å²) >= 11 is 0. The first kappa shape index (κ1) is 28.7. The maximum atomic E-state index is 13.6. The van der Waals surface area contributed by atoms with Gasteiger partial charge in [-0.1, -0.05) is 27.2 Å². The average Bonchev–Trinajstić information content (AvgIpc) is 3.26. The number of halogens is 3. The van der Waals surface area contributed by atoms with Crippen molar-refractivity contribution < 1.29 is 32.3 Å². The first-order valence-electron chi connectivity index (χ1n) is 12.6. The largest absolute Gasteiger partial charge is 0.471 e. The van der Waals surface area contributed by atoms with Crippen LogP contribution >= 0.6 is 0 Å². The topological polar surface area (TPSA) is 131 Å². The third-order valence-corrected chi connectivity index (χ3v) is 7.74. The van der Waals surface area contributed by atoms with E-state index in [-0.39, 0.29) is 24.3 Å². The highest BCUT2D eigenvalue weighted by Gasteiger charge is 2.54. The number of carbonyl (C=O) groups excluding carboxylic acids is 4. The van der Waals surface area contributed by atoms with Crippen molar-refractivity contribution in [1.82, 2.24) is 20.9 Å². The van der Waals surface area contributed by atoms with Crippen LogP contribution in [0.1, 0.15) is 73.1 Å². The predicted octanol–water partition coefficient (Wildman–Crippen LogP) is 2.16. The number of hydrogen-bond donors (Lipinski definition) is 3. The molecule has 0 aromatic heterocycles. The molecule has 3 N–H and O–H groups in total. The van der Waals surface area contributed by atoms with E-state index < -0.39 is 58.9 Å². The summed E-state index contributed by atoms with van der Waals surface area (Å²) in [5.74, 6) is -4.22. The Morgan fingerprint density at radius 2 is 1.78 bits per heavy atom. The number of alkyl halides is 3. The molecule has 0 unspecified atom stereocenters. The zero-order chi connectivity index (χ0) is 28.0. The molecule has 2 saturated heterocycles. The third kappa shape index (κ3) is 6.36. The van der Waals surface area contributed by atoms with Crippen LogP contribution in [0.5, 0.6) is 0 Å². The first-order valence-corrected chi connectivity index (χ1v) is 12.6. The Hall–Kier alpha value is -2.84. The van der Waals surface area contributed by atoms with Gasteiger partial charge in [0.1, 0.15) is 18.1 Å². The monoisotopic (exact) mass is 527 g/mol. The Morgan fingerprint density at radius 1 is 1.16 bits per heavy atom. The summed E-state index contributed by atoms with van der Waals surface area (Å²) in [4.78, 5) is 52.2. The van der Waals surface area contributed by atoms with E-state index in [2.05, 4.69) is 10.6 Å². The fourth-order valence-electron chi connectivity index (χ4n) is 5.67. The molecule has 2 aliphatic heterocycles. The van der Waals surface area contributed by atoms with Gasteiger partial charge in [-0.2, -0.15) is 18.4 Å². The van der Waals surface area contributed by atoms with Gasteiger partial charge in [-0.25, -0.2) is 0 Å². The summed E-state index contributed by atoms with van der Waals surface area (Å²) in [6.07, 6.45) is -1.77. The van der Waals surface area contributed by atoms with Crippen LogP contribution in [-0.2, 0) is 19.2 Å². The number of nitrogens with one attached hydrogen (secondary N) is 3. The van der Waals surface area contributed by atoms with Gasteiger partial charge in [-0.3, -0.25) is 19.2 Å². The lowest BCUT2D eigenvalue weighted by molar-refractivity contribution is -0.176. The van der Waals surface area contributed by atoms with Crippen molar-refractivity contribution >= 4 is 23.6 Å². The molecule has 9 nitrogen and oxygen atoms in total. The van der Waals surface area contributed by atoms with Crippen LogP contribution in [0.3, 0.4) is 0 Å². The first-order chi connectivity index (χ1) is 16.9. The van der Waals surface area contributed by atoms with Gasteiger partial charge in [0.05, 0.1) is 6.07 Å². The fourth-order valence-corrected chi connectivity index (χ4v) is 5.67. The maximum Gasteiger partial charge on any atom is 0.471 e. The van der Waals surface area contributed by atoms with E-state index in [1.54, 1.807) is 0 Å². The summed E-state index contributed by atoms with van der Waals surface area (Å²) in [5.41, 5.74) is -1.79. The van der Waals surface area contributed by atoms with Gasteiger partial charge < -0.3 is 20.9 Å². The highest BCUT2D eigenvalue weighted by molar-refractivity contribution is 5.94. The molecule has 2 heterocycles. The zero-order valence-corrected chi connectivity index (χ0v) is 21.9. The number of hydrogen-bond acceptors (Lipinski definition) is 5. The minimum Gasteiger partial charge on any atom is -0.351 e. The predicted molar refractivity (Wildman–Crippen MR) is 126 cm³/mol. The molecule has 37 heavy (non-hydrogen) atoms. The third-order valence-electron chi connectivity index (χ3n) is 7.74. The molecule has 3 aliphatic rings. The van der Waals surface area contributed by atoms with Crippen molar-refractivity contribution in [2.45, 2.75) is 103 Å². The zero-order valence-electron chi connectivity index (χ0n) is 21.9. The molecule has 4 amide bonds. The van der Waals surface area contributed by atoms with E-state index >= 15 is 0 Å². The van der Waals surface area contributed by atoms with Crippen LogP contribution in [0.25, 0.3) is 0 Å². The molecule has 0 radical (unpaired) electrons. The summed E-state index contributed by atoms with van der Waals surface area (Å²) < 4.78 is 39.0. The summed E-state index contributed by atoms with van der Waals surface area (Å²) in [6, 6.07) is -1.47. The lowest BCUT2D eigenvalue weighted by Gasteiger charge is -2.39. The van der Waals surface area contributed by atoms with E-state index in [9.17, 15) is 37.6 Å². The van der Waals surface area contributed by atoms with Crippen LogP contribution < -0.4 is 16.0 Å². The normalized spacial score (nSPS) is 26.0. The van der Waals surface area contributed by atoms with Crippen LogP contribution in [0.15, 0.2) is 0 Å². The lowest BCUT2D eigenvalue weighted by atomic mass is 9.67. The SMILES string of the molecule is CC1(C)C[C@@H](C[C@@H](C#N)NC(=O)[C@@H]2CC3(CCC3)CN2C(=O)[C@@H](NC(=O)C(F)(F)F)C(C)(C)C)C(=O)N1. The highest BCUT2D eigenvalue weighted by atomic mass is 19.4. The highest BCUT2D eigenvalue weighted by Crippen LogP contribution is 2.50. The minimum atomic E-state index is -5.16. The molecule has 12 heteroatoms. The Kier molecular flexibility index (Phi) is 7.61. The van der Waals surface area contributed by atoms with E-state index in [0.29, 0.717) is 12.8 Å². The Morgan fingerprint density at radius 3 is 2.22 bits per heavy atom. The molecule has 206 valence electrons. The molecule has 1 aliphatic carbocycles. The second-order valence-corrected chi connectivity index (χ2v) is 12.5. The standard InChI is InChI=1S/C25H36F3N5O4/c1-22(2,3)17(31-21(37)25(26,27)28)20(36)33-13-24(7-6-8-24)11-16(33)19(35)30-15(12-29)9-14-10-23(4,5)32-18(14)34/h14-17H,6-11,13H2,1-5H3,(H,30,35)(H,31,37)(H,32,34)/t14-,15+,16+,17-/m1/s1. The van der Waals surface area contributed by atoms with Crippen molar-refractivity contribution in [3.05, 3.63) is 0 Å². The minimum absolute atomic E-state index is 0.107. The second-order valence-electron chi connectivity index (χ2n) is 12.5. The lowest BCUT2D eigenvalue weighted by Crippen LogP contribution is -2.59. The molecule has 0 aromatic carbocycles. The molecule has 4 atom stereocenters. The van der Waals surface area contributed by atoms with Crippen molar-refractivity contribution in [2.24, 2.45) is 16.7 Å². The van der Waals surface area contributed by atoms with E-state index in [0.717, 1.165) is 19.3 Å². The number of rotatable bonds is 6. The molecule has 1 spiro atoms. The molecule has 0 bridgehead atoms. The fraction of sp³-hybridized carbons (Fsp3) is 0.800. The number of nitrogens with zero attached hydrogens (tertiary/aromatic N) is 2. The van der Waals surface area contributed by atoms with Crippen molar-refractivity contribution in [2.75, 3.05) is 6.54 Å². The van der Waals surface area contributed by atoms with Gasteiger partial charge >= 0.3 is 12.1 Å². The van der Waals surface area contributed by atoms with Gasteiger partial charge in [0.25, 0.3) is 0 Å². The number of amides is 4. The molecule has 3 fully saturated rings. The molecular weight excluding hydrogens is 491 g/mol. The Labute approximate surface area is 214 Å². The molecule has 3 rings (SSSR count).